The van der Waals surface area contributed by atoms with Gasteiger partial charge in [-0.3, -0.25) is 4.79 Å². The zero-order valence-electron chi connectivity index (χ0n) is 12.5. The van der Waals surface area contributed by atoms with Crippen LogP contribution in [0.3, 0.4) is 0 Å². The van der Waals surface area contributed by atoms with Gasteiger partial charge in [0.2, 0.25) is 5.91 Å². The molecule has 0 unspecified atom stereocenters. The molecule has 1 aliphatic carbocycles. The van der Waals surface area contributed by atoms with Gasteiger partial charge < -0.3 is 14.5 Å². The Bertz CT molecular complexity index is 427. The Morgan fingerprint density at radius 3 is 3.00 bits per heavy atom. The first kappa shape index (κ1) is 15.1. The van der Waals surface area contributed by atoms with Gasteiger partial charge in [0, 0.05) is 38.5 Å². The third kappa shape index (κ3) is 4.67. The zero-order valence-corrected chi connectivity index (χ0v) is 12.5. The molecule has 1 aliphatic rings. The number of hydrogen-bond acceptors (Lipinski definition) is 3. The Morgan fingerprint density at radius 2 is 2.30 bits per heavy atom. The summed E-state index contributed by atoms with van der Waals surface area (Å²) in [6.07, 6.45) is 3.26. The number of amides is 1. The van der Waals surface area contributed by atoms with E-state index in [1.165, 1.54) is 6.42 Å². The standard InChI is InChI=1S/C16H25NO3/c1-3-19-10-4-9-17-16(18)8-6-13-5-7-15(20-13)14-11-12(14)2/h5,7,12,14H,3-4,6,8-11H2,1-2H3,(H,17,18)/t12-,14-/m0/s1. The molecule has 0 radical (unpaired) electrons. The minimum absolute atomic E-state index is 0.0826. The number of nitrogens with one attached hydrogen (secondary N) is 1. The number of rotatable bonds is 9. The lowest BCUT2D eigenvalue weighted by Crippen LogP contribution is -2.25. The Kier molecular flexibility index (Phi) is 5.65. The van der Waals surface area contributed by atoms with Crippen LogP contribution >= 0.6 is 0 Å². The van der Waals surface area contributed by atoms with Gasteiger partial charge in [-0.1, -0.05) is 6.92 Å². The van der Waals surface area contributed by atoms with Gasteiger partial charge in [-0.25, -0.2) is 0 Å². The fourth-order valence-electron chi connectivity index (χ4n) is 2.32. The minimum atomic E-state index is 0.0826. The molecule has 0 aromatic carbocycles. The number of hydrogen-bond donors (Lipinski definition) is 1. The number of aryl methyl sites for hydroxylation is 1. The first-order chi connectivity index (χ1) is 9.70. The summed E-state index contributed by atoms with van der Waals surface area (Å²) < 4.78 is 11.0. The summed E-state index contributed by atoms with van der Waals surface area (Å²) in [6.45, 7) is 6.33. The molecule has 4 heteroatoms. The monoisotopic (exact) mass is 279 g/mol. The van der Waals surface area contributed by atoms with Gasteiger partial charge in [-0.15, -0.1) is 0 Å². The third-order valence-corrected chi connectivity index (χ3v) is 3.75. The molecule has 2 rings (SSSR count). The van der Waals surface area contributed by atoms with Gasteiger partial charge in [-0.2, -0.15) is 0 Å². The fraction of sp³-hybridized carbons (Fsp3) is 0.688. The predicted molar refractivity (Wildman–Crippen MR) is 77.7 cm³/mol. The number of carbonyl (C=O) groups excluding carboxylic acids is 1. The van der Waals surface area contributed by atoms with Crippen molar-refractivity contribution < 1.29 is 13.9 Å². The van der Waals surface area contributed by atoms with Crippen molar-refractivity contribution in [2.24, 2.45) is 5.92 Å². The molecule has 20 heavy (non-hydrogen) atoms. The maximum absolute atomic E-state index is 11.7. The first-order valence-corrected chi connectivity index (χ1v) is 7.63. The van der Waals surface area contributed by atoms with Crippen molar-refractivity contribution in [3.8, 4) is 0 Å². The highest BCUT2D eigenvalue weighted by Crippen LogP contribution is 2.47. The molecule has 1 aromatic rings. The SMILES string of the molecule is CCOCCCNC(=O)CCc1ccc([C@H]2C[C@@H]2C)o1. The molecule has 0 aliphatic heterocycles. The third-order valence-electron chi connectivity index (χ3n) is 3.75. The summed E-state index contributed by atoms with van der Waals surface area (Å²) in [5.74, 6) is 3.45. The zero-order chi connectivity index (χ0) is 14.4. The highest BCUT2D eigenvalue weighted by Gasteiger charge is 2.36. The molecule has 1 heterocycles. The lowest BCUT2D eigenvalue weighted by Gasteiger charge is -2.04. The van der Waals surface area contributed by atoms with Gasteiger partial charge in [0.15, 0.2) is 0 Å². The van der Waals surface area contributed by atoms with Crippen molar-refractivity contribution in [2.75, 3.05) is 19.8 Å². The van der Waals surface area contributed by atoms with E-state index in [2.05, 4.69) is 18.3 Å². The summed E-state index contributed by atoms with van der Waals surface area (Å²) in [4.78, 5) is 11.7. The van der Waals surface area contributed by atoms with Gasteiger partial charge in [0.1, 0.15) is 11.5 Å². The van der Waals surface area contributed by atoms with Crippen LogP contribution in [0.25, 0.3) is 0 Å². The van der Waals surface area contributed by atoms with Crippen molar-refractivity contribution in [2.45, 2.75) is 45.4 Å². The second-order valence-electron chi connectivity index (χ2n) is 5.52. The maximum Gasteiger partial charge on any atom is 0.220 e. The second kappa shape index (κ2) is 7.48. The van der Waals surface area contributed by atoms with Crippen LogP contribution in [0.1, 0.15) is 50.5 Å². The Labute approximate surface area is 120 Å². The van der Waals surface area contributed by atoms with Crippen molar-refractivity contribution in [3.63, 3.8) is 0 Å². The van der Waals surface area contributed by atoms with E-state index < -0.39 is 0 Å². The summed E-state index contributed by atoms with van der Waals surface area (Å²) in [7, 11) is 0. The molecule has 2 atom stereocenters. The normalized spacial score (nSPS) is 20.9. The quantitative estimate of drug-likeness (QED) is 0.707. The van der Waals surface area contributed by atoms with E-state index in [4.69, 9.17) is 9.15 Å². The number of furan rings is 1. The average Bonchev–Trinajstić information content (AvgIpc) is 2.99. The molecule has 4 nitrogen and oxygen atoms in total. The van der Waals surface area contributed by atoms with Crippen molar-refractivity contribution in [1.82, 2.24) is 5.32 Å². The summed E-state index contributed by atoms with van der Waals surface area (Å²) in [5.41, 5.74) is 0. The van der Waals surface area contributed by atoms with Crippen molar-refractivity contribution in [3.05, 3.63) is 23.7 Å². The first-order valence-electron chi connectivity index (χ1n) is 7.63. The molecule has 0 saturated heterocycles. The lowest BCUT2D eigenvalue weighted by molar-refractivity contribution is -0.121. The molecular weight excluding hydrogens is 254 g/mol. The highest BCUT2D eigenvalue weighted by atomic mass is 16.5. The van der Waals surface area contributed by atoms with Gasteiger partial charge in [-0.05, 0) is 37.8 Å². The largest absolute Gasteiger partial charge is 0.466 e. The van der Waals surface area contributed by atoms with Crippen LogP contribution in [0.4, 0.5) is 0 Å². The molecular formula is C16H25NO3. The van der Waals surface area contributed by atoms with Gasteiger partial charge >= 0.3 is 0 Å². The molecule has 0 spiro atoms. The summed E-state index contributed by atoms with van der Waals surface area (Å²) in [5, 5.41) is 2.90. The smallest absolute Gasteiger partial charge is 0.220 e. The molecule has 112 valence electrons. The fourth-order valence-corrected chi connectivity index (χ4v) is 2.32. The van der Waals surface area contributed by atoms with Crippen LogP contribution in [0, 0.1) is 5.92 Å². The lowest BCUT2D eigenvalue weighted by atomic mass is 10.2. The van der Waals surface area contributed by atoms with E-state index in [0.717, 1.165) is 30.5 Å². The van der Waals surface area contributed by atoms with Gasteiger partial charge in [0.25, 0.3) is 0 Å². The number of ether oxygens (including phenoxy) is 1. The van der Waals surface area contributed by atoms with Gasteiger partial charge in [0.05, 0.1) is 0 Å². The minimum Gasteiger partial charge on any atom is -0.466 e. The molecule has 1 amide bonds. The number of carbonyl (C=O) groups is 1. The molecule has 0 bridgehead atoms. The average molecular weight is 279 g/mol. The van der Waals surface area contributed by atoms with E-state index in [0.29, 0.717) is 31.9 Å². The molecule has 1 aromatic heterocycles. The van der Waals surface area contributed by atoms with Crippen LogP contribution in [0.2, 0.25) is 0 Å². The Hall–Kier alpha value is -1.29. The van der Waals surface area contributed by atoms with Crippen LogP contribution in [0.5, 0.6) is 0 Å². The van der Waals surface area contributed by atoms with E-state index in [9.17, 15) is 4.79 Å². The van der Waals surface area contributed by atoms with E-state index in [1.54, 1.807) is 0 Å². The Balaban J connectivity index is 1.59. The topological polar surface area (TPSA) is 51.5 Å². The van der Waals surface area contributed by atoms with Crippen LogP contribution in [-0.2, 0) is 16.0 Å². The molecule has 1 saturated carbocycles. The van der Waals surface area contributed by atoms with Crippen molar-refractivity contribution >= 4 is 5.91 Å². The van der Waals surface area contributed by atoms with E-state index >= 15 is 0 Å². The highest BCUT2D eigenvalue weighted by molar-refractivity contribution is 5.76. The second-order valence-corrected chi connectivity index (χ2v) is 5.52. The Morgan fingerprint density at radius 1 is 1.50 bits per heavy atom. The molecule has 1 N–H and O–H groups in total. The van der Waals surface area contributed by atoms with Crippen LogP contribution < -0.4 is 5.32 Å². The summed E-state index contributed by atoms with van der Waals surface area (Å²) >= 11 is 0. The van der Waals surface area contributed by atoms with E-state index in [1.807, 2.05) is 13.0 Å². The maximum atomic E-state index is 11.7. The van der Waals surface area contributed by atoms with E-state index in [-0.39, 0.29) is 5.91 Å². The summed E-state index contributed by atoms with van der Waals surface area (Å²) in [6, 6.07) is 4.06. The predicted octanol–water partition coefficient (Wildman–Crippen LogP) is 2.88. The van der Waals surface area contributed by atoms with Crippen molar-refractivity contribution in [1.29, 1.82) is 0 Å². The molecule has 1 fully saturated rings. The van der Waals surface area contributed by atoms with Crippen LogP contribution in [0.15, 0.2) is 16.5 Å². The van der Waals surface area contributed by atoms with Crippen LogP contribution in [-0.4, -0.2) is 25.7 Å².